The number of benzene rings is 1. The lowest BCUT2D eigenvalue weighted by Gasteiger charge is -2.25. The number of amides is 1. The van der Waals surface area contributed by atoms with Crippen molar-refractivity contribution < 1.29 is 18.7 Å². The van der Waals surface area contributed by atoms with Crippen LogP contribution in [-0.4, -0.2) is 28.4 Å². The van der Waals surface area contributed by atoms with E-state index in [2.05, 4.69) is 10.4 Å². The number of hydrogen-bond donors (Lipinski definition) is 1. The Morgan fingerprint density at radius 2 is 2.12 bits per heavy atom. The number of nitrogens with one attached hydrogen (secondary N) is 1. The van der Waals surface area contributed by atoms with E-state index in [4.69, 9.17) is 13.9 Å². The van der Waals surface area contributed by atoms with Crippen molar-refractivity contribution in [1.29, 1.82) is 0 Å². The van der Waals surface area contributed by atoms with Crippen molar-refractivity contribution in [3.63, 3.8) is 0 Å². The molecule has 128 valence electrons. The van der Waals surface area contributed by atoms with Gasteiger partial charge in [-0.25, -0.2) is 0 Å². The second-order valence-electron chi connectivity index (χ2n) is 5.70. The van der Waals surface area contributed by atoms with E-state index < -0.39 is 6.10 Å². The van der Waals surface area contributed by atoms with Gasteiger partial charge in [-0.1, -0.05) is 12.1 Å². The molecular weight excluding hydrogens is 322 g/mol. The van der Waals surface area contributed by atoms with Gasteiger partial charge in [-0.2, -0.15) is 5.10 Å². The molecule has 2 aromatic heterocycles. The van der Waals surface area contributed by atoms with Crippen molar-refractivity contribution in [2.45, 2.75) is 12.6 Å². The van der Waals surface area contributed by atoms with Gasteiger partial charge in [0.2, 0.25) is 6.10 Å². The number of aromatic nitrogens is 2. The molecule has 25 heavy (non-hydrogen) atoms. The summed E-state index contributed by atoms with van der Waals surface area (Å²) >= 11 is 0. The van der Waals surface area contributed by atoms with Crippen LogP contribution in [-0.2, 0) is 18.4 Å². The molecular formula is C18H17N3O4. The van der Waals surface area contributed by atoms with Crippen LogP contribution in [0.4, 0.5) is 0 Å². The van der Waals surface area contributed by atoms with Gasteiger partial charge >= 0.3 is 0 Å². The SMILES string of the molecule is Cn1nc(CNC(=O)C2COc3ccccc3O2)cc1-c1ccco1. The van der Waals surface area contributed by atoms with Crippen molar-refractivity contribution in [2.75, 3.05) is 6.61 Å². The second-order valence-corrected chi connectivity index (χ2v) is 5.70. The van der Waals surface area contributed by atoms with Crippen molar-refractivity contribution >= 4 is 5.91 Å². The molecule has 1 amide bonds. The number of hydrogen-bond acceptors (Lipinski definition) is 5. The molecule has 0 fully saturated rings. The smallest absolute Gasteiger partial charge is 0.265 e. The first-order chi connectivity index (χ1) is 12.2. The van der Waals surface area contributed by atoms with Gasteiger partial charge in [-0.3, -0.25) is 9.48 Å². The summed E-state index contributed by atoms with van der Waals surface area (Å²) in [5.74, 6) is 1.72. The fourth-order valence-electron chi connectivity index (χ4n) is 2.71. The van der Waals surface area contributed by atoms with Crippen molar-refractivity contribution in [3.05, 3.63) is 54.4 Å². The average Bonchev–Trinajstić information content (AvgIpc) is 3.28. The van der Waals surface area contributed by atoms with Gasteiger partial charge in [-0.15, -0.1) is 0 Å². The predicted octanol–water partition coefficient (Wildman–Crippen LogP) is 2.14. The highest BCUT2D eigenvalue weighted by atomic mass is 16.6. The van der Waals surface area contributed by atoms with E-state index >= 15 is 0 Å². The molecule has 0 bridgehead atoms. The van der Waals surface area contributed by atoms with E-state index in [0.717, 1.165) is 17.1 Å². The number of carbonyl (C=O) groups excluding carboxylic acids is 1. The number of furan rings is 1. The molecule has 7 heteroatoms. The van der Waals surface area contributed by atoms with Crippen molar-refractivity contribution in [2.24, 2.45) is 7.05 Å². The summed E-state index contributed by atoms with van der Waals surface area (Å²) < 4.78 is 18.4. The Morgan fingerprint density at radius 3 is 2.92 bits per heavy atom. The van der Waals surface area contributed by atoms with Gasteiger partial charge < -0.3 is 19.2 Å². The third-order valence-corrected chi connectivity index (χ3v) is 3.95. The van der Waals surface area contributed by atoms with Crippen LogP contribution in [0.5, 0.6) is 11.5 Å². The van der Waals surface area contributed by atoms with Gasteiger partial charge in [0.05, 0.1) is 18.5 Å². The van der Waals surface area contributed by atoms with E-state index in [0.29, 0.717) is 18.0 Å². The molecule has 1 aromatic carbocycles. The predicted molar refractivity (Wildman–Crippen MR) is 89.1 cm³/mol. The molecule has 0 radical (unpaired) electrons. The first-order valence-electron chi connectivity index (χ1n) is 7.94. The molecule has 1 N–H and O–H groups in total. The number of carbonyl (C=O) groups is 1. The first-order valence-corrected chi connectivity index (χ1v) is 7.94. The third-order valence-electron chi connectivity index (χ3n) is 3.95. The van der Waals surface area contributed by atoms with E-state index in [1.54, 1.807) is 17.0 Å². The van der Waals surface area contributed by atoms with Gasteiger partial charge in [0.25, 0.3) is 5.91 Å². The van der Waals surface area contributed by atoms with Crippen LogP contribution >= 0.6 is 0 Å². The maximum atomic E-state index is 12.3. The molecule has 3 aromatic rings. The van der Waals surface area contributed by atoms with E-state index in [9.17, 15) is 4.79 Å². The lowest BCUT2D eigenvalue weighted by Crippen LogP contribution is -2.43. The number of rotatable bonds is 4. The van der Waals surface area contributed by atoms with Gasteiger partial charge in [0.15, 0.2) is 17.3 Å². The Morgan fingerprint density at radius 1 is 1.28 bits per heavy atom. The standard InChI is InChI=1S/C18H17N3O4/c1-21-13(14-7-4-8-23-14)9-12(20-21)10-19-18(22)17-11-24-15-5-2-3-6-16(15)25-17/h2-9,17H,10-11H2,1H3,(H,19,22). The molecule has 1 aliphatic heterocycles. The number of aryl methyl sites for hydroxylation is 1. The quantitative estimate of drug-likeness (QED) is 0.788. The summed E-state index contributed by atoms with van der Waals surface area (Å²) in [6.45, 7) is 0.484. The Kier molecular flexibility index (Phi) is 3.89. The minimum atomic E-state index is -0.678. The minimum absolute atomic E-state index is 0.183. The lowest BCUT2D eigenvalue weighted by molar-refractivity contribution is -0.130. The fraction of sp³-hybridized carbons (Fsp3) is 0.222. The highest BCUT2D eigenvalue weighted by Crippen LogP contribution is 2.30. The van der Waals surface area contributed by atoms with Crippen molar-refractivity contribution in [3.8, 4) is 23.0 Å². The second kappa shape index (κ2) is 6.35. The zero-order chi connectivity index (χ0) is 17.2. The summed E-state index contributed by atoms with van der Waals surface area (Å²) in [6.07, 6.45) is 0.935. The topological polar surface area (TPSA) is 78.5 Å². The highest BCUT2D eigenvalue weighted by Gasteiger charge is 2.27. The normalized spacial score (nSPS) is 15.8. The molecule has 4 rings (SSSR count). The van der Waals surface area contributed by atoms with Crippen LogP contribution in [0.25, 0.3) is 11.5 Å². The van der Waals surface area contributed by atoms with Crippen molar-refractivity contribution in [1.82, 2.24) is 15.1 Å². The number of para-hydroxylation sites is 2. The van der Waals surface area contributed by atoms with Gasteiger partial charge in [0.1, 0.15) is 12.3 Å². The zero-order valence-electron chi connectivity index (χ0n) is 13.6. The van der Waals surface area contributed by atoms with Gasteiger partial charge in [0, 0.05) is 7.05 Å². The van der Waals surface area contributed by atoms with E-state index in [1.807, 2.05) is 43.4 Å². The van der Waals surface area contributed by atoms with Crippen LogP contribution in [0.3, 0.4) is 0 Å². The van der Waals surface area contributed by atoms with Crippen LogP contribution < -0.4 is 14.8 Å². The maximum absolute atomic E-state index is 12.3. The number of fused-ring (bicyclic) bond motifs is 1. The summed E-state index contributed by atoms with van der Waals surface area (Å²) in [6, 6.07) is 12.9. The Bertz CT molecular complexity index is 886. The molecule has 3 heterocycles. The number of ether oxygens (including phenoxy) is 2. The molecule has 0 aliphatic carbocycles. The number of nitrogens with zero attached hydrogens (tertiary/aromatic N) is 2. The van der Waals surface area contributed by atoms with Crippen LogP contribution in [0.2, 0.25) is 0 Å². The van der Waals surface area contributed by atoms with Crippen LogP contribution in [0, 0.1) is 0 Å². The maximum Gasteiger partial charge on any atom is 0.265 e. The molecule has 0 saturated carbocycles. The largest absolute Gasteiger partial charge is 0.485 e. The van der Waals surface area contributed by atoms with Gasteiger partial charge in [-0.05, 0) is 30.3 Å². The summed E-state index contributed by atoms with van der Waals surface area (Å²) in [7, 11) is 1.83. The van der Waals surface area contributed by atoms with Crippen LogP contribution in [0.15, 0.2) is 53.1 Å². The highest BCUT2D eigenvalue weighted by molar-refractivity contribution is 5.81. The van der Waals surface area contributed by atoms with Crippen LogP contribution in [0.1, 0.15) is 5.69 Å². The molecule has 0 spiro atoms. The summed E-state index contributed by atoms with van der Waals surface area (Å²) in [4.78, 5) is 12.3. The molecule has 1 unspecified atom stereocenters. The fourth-order valence-corrected chi connectivity index (χ4v) is 2.71. The first kappa shape index (κ1) is 15.3. The molecule has 7 nitrogen and oxygen atoms in total. The average molecular weight is 339 g/mol. The summed E-state index contributed by atoms with van der Waals surface area (Å²) in [5.41, 5.74) is 1.58. The van der Waals surface area contributed by atoms with E-state index in [-0.39, 0.29) is 12.5 Å². The van der Waals surface area contributed by atoms with E-state index in [1.165, 1.54) is 0 Å². The third kappa shape index (κ3) is 3.08. The lowest BCUT2D eigenvalue weighted by atomic mass is 10.2. The summed E-state index contributed by atoms with van der Waals surface area (Å²) in [5, 5.41) is 7.22. The monoisotopic (exact) mass is 339 g/mol. The zero-order valence-corrected chi connectivity index (χ0v) is 13.6. The Hall–Kier alpha value is -3.22. The Balaban J connectivity index is 1.39. The molecule has 1 aliphatic rings. The minimum Gasteiger partial charge on any atom is -0.485 e. The molecule has 0 saturated heterocycles. The molecule has 1 atom stereocenters. The Labute approximate surface area is 144 Å².